The summed E-state index contributed by atoms with van der Waals surface area (Å²) in [6, 6.07) is 13.6. The molecular formula is C15H15N17S. The molecule has 166 valence electrons. The molecule has 0 amide bonds. The molecule has 0 unspecified atom stereocenters. The normalized spacial score (nSPS) is 8.94. The van der Waals surface area contributed by atoms with Gasteiger partial charge in [0.15, 0.2) is 12.2 Å². The smallest absolute Gasteiger partial charge is 0.195 e. The van der Waals surface area contributed by atoms with Gasteiger partial charge in [-0.2, -0.15) is 31.4 Å². The van der Waals surface area contributed by atoms with Gasteiger partial charge in [-0.15, -0.1) is 40.8 Å². The second-order valence-electron chi connectivity index (χ2n) is 5.23. The van der Waals surface area contributed by atoms with E-state index in [1.807, 2.05) is 18.2 Å². The van der Waals surface area contributed by atoms with Gasteiger partial charge in [-0.3, -0.25) is 0 Å². The summed E-state index contributed by atoms with van der Waals surface area (Å²) in [6.45, 7) is 1.77. The highest BCUT2D eigenvalue weighted by Gasteiger charge is 2.02. The molecule has 0 aliphatic heterocycles. The molecule has 4 heterocycles. The van der Waals surface area contributed by atoms with Crippen LogP contribution < -0.4 is 0 Å². The number of H-pyrrole nitrogens is 4. The second kappa shape index (κ2) is 14.8. The minimum Gasteiger partial charge on any atom is -0.195 e. The van der Waals surface area contributed by atoms with Crippen LogP contribution in [0.1, 0.15) is 22.8 Å². The van der Waals surface area contributed by atoms with Gasteiger partial charge in [-0.05, 0) is 17.7 Å². The predicted octanol–water partition coefficient (Wildman–Crippen LogP) is -0.252. The van der Waals surface area contributed by atoms with E-state index < -0.39 is 0 Å². The summed E-state index contributed by atoms with van der Waals surface area (Å²) in [7, 11) is 0. The molecular weight excluding hydrogens is 450 g/mol. The van der Waals surface area contributed by atoms with Gasteiger partial charge in [0.05, 0.1) is 0 Å². The highest BCUT2D eigenvalue weighted by Crippen LogP contribution is 2.16. The number of nitrogens with one attached hydrogen (secondary N) is 4. The highest BCUT2D eigenvalue weighted by molar-refractivity contribution is 7.98. The summed E-state index contributed by atoms with van der Waals surface area (Å²) in [5, 5.41) is 64.5. The lowest BCUT2D eigenvalue weighted by Crippen LogP contribution is -1.80. The van der Waals surface area contributed by atoms with Crippen molar-refractivity contribution in [2.24, 2.45) is 0 Å². The predicted molar refractivity (Wildman–Crippen MR) is 109 cm³/mol. The van der Waals surface area contributed by atoms with Crippen LogP contribution in [-0.4, -0.2) is 77.3 Å². The van der Waals surface area contributed by atoms with Gasteiger partial charge in [0.1, 0.15) is 12.1 Å². The van der Waals surface area contributed by atoms with Gasteiger partial charge >= 0.3 is 0 Å². The number of tetrazole rings is 3. The molecule has 0 fully saturated rings. The first-order chi connectivity index (χ1) is 16.2. The zero-order valence-electron chi connectivity index (χ0n) is 16.9. The standard InChI is InChI=1S/C8H8N4S.C4HN5.C2H4N4.CH2N4/c1-2-4-7(5-3-1)6-13-8-9-11-12-10-8;5-1-3-4(2-6)8-9-7-3;1-2-3-5-6-4-2;1-2-4-5-3-1/h1-5H,6H2,(H,9,10,11,12);(H,7,8,9);1H3,(H,3,4,5,6);1H,(H,2,3,4,5). The van der Waals surface area contributed by atoms with Crippen molar-refractivity contribution in [2.45, 2.75) is 17.8 Å². The Kier molecular flexibility index (Phi) is 10.9. The molecule has 4 aromatic heterocycles. The maximum absolute atomic E-state index is 8.21. The molecule has 1 aromatic carbocycles. The third kappa shape index (κ3) is 9.97. The first kappa shape index (κ1) is 24.2. The maximum atomic E-state index is 8.21. The minimum atomic E-state index is 0.0394. The quantitative estimate of drug-likeness (QED) is 0.251. The Morgan fingerprint density at radius 2 is 1.52 bits per heavy atom. The summed E-state index contributed by atoms with van der Waals surface area (Å²) in [6.07, 6.45) is 1.33. The van der Waals surface area contributed by atoms with Crippen molar-refractivity contribution in [1.82, 2.24) is 77.3 Å². The number of nitriles is 2. The van der Waals surface area contributed by atoms with Gasteiger partial charge in [-0.1, -0.05) is 52.5 Å². The van der Waals surface area contributed by atoms with Gasteiger partial charge in [0.25, 0.3) is 0 Å². The number of hydrogen-bond donors (Lipinski definition) is 4. The van der Waals surface area contributed by atoms with Crippen LogP contribution in [0.15, 0.2) is 41.8 Å². The fourth-order valence-electron chi connectivity index (χ4n) is 1.66. The summed E-state index contributed by atoms with van der Waals surface area (Å²) < 4.78 is 0. The molecule has 18 heteroatoms. The van der Waals surface area contributed by atoms with Crippen molar-refractivity contribution in [1.29, 1.82) is 10.5 Å². The zero-order valence-corrected chi connectivity index (χ0v) is 17.7. The Morgan fingerprint density at radius 1 is 0.818 bits per heavy atom. The SMILES string of the molecule is Cc1nn[nH]n1.N#Cc1n[nH]nc1C#N.c1ccc(CSc2nn[nH]n2)cc1.c1nn[nH]n1. The number of aromatic nitrogens is 15. The summed E-state index contributed by atoms with van der Waals surface area (Å²) >= 11 is 1.56. The molecule has 0 saturated carbocycles. The number of hydrogen-bond acceptors (Lipinski definition) is 14. The lowest BCUT2D eigenvalue weighted by atomic mass is 10.2. The summed E-state index contributed by atoms with van der Waals surface area (Å²) in [5.41, 5.74) is 1.34. The van der Waals surface area contributed by atoms with Crippen LogP contribution in [0.2, 0.25) is 0 Å². The van der Waals surface area contributed by atoms with Crippen LogP contribution in [0.3, 0.4) is 0 Å². The molecule has 0 saturated heterocycles. The highest BCUT2D eigenvalue weighted by atomic mass is 32.2. The minimum absolute atomic E-state index is 0.0394. The van der Waals surface area contributed by atoms with Crippen molar-refractivity contribution in [2.75, 3.05) is 0 Å². The molecule has 5 aromatic rings. The molecule has 0 aliphatic carbocycles. The third-order valence-corrected chi connectivity index (χ3v) is 3.93. The van der Waals surface area contributed by atoms with E-state index in [9.17, 15) is 0 Å². The zero-order chi connectivity index (χ0) is 23.6. The largest absolute Gasteiger partial charge is 0.231 e. The molecule has 33 heavy (non-hydrogen) atoms. The number of aryl methyl sites for hydroxylation is 1. The lowest BCUT2D eigenvalue weighted by molar-refractivity contribution is 0.881. The van der Waals surface area contributed by atoms with Crippen LogP contribution in [0, 0.1) is 29.6 Å². The average Bonchev–Trinajstić information content (AvgIpc) is 3.68. The Bertz CT molecular complexity index is 1140. The monoisotopic (exact) mass is 465 g/mol. The van der Waals surface area contributed by atoms with Crippen molar-refractivity contribution < 1.29 is 0 Å². The maximum Gasteiger partial charge on any atom is 0.231 e. The van der Waals surface area contributed by atoms with Crippen molar-refractivity contribution >= 4 is 11.8 Å². The molecule has 4 N–H and O–H groups in total. The number of rotatable bonds is 3. The van der Waals surface area contributed by atoms with Gasteiger partial charge in [0, 0.05) is 5.75 Å². The average molecular weight is 465 g/mol. The Morgan fingerprint density at radius 3 is 1.94 bits per heavy atom. The summed E-state index contributed by atoms with van der Waals surface area (Å²) in [4.78, 5) is 0. The number of aromatic amines is 4. The Balaban J connectivity index is 0.000000167. The Labute approximate surface area is 189 Å². The van der Waals surface area contributed by atoms with Crippen LogP contribution in [0.25, 0.3) is 0 Å². The van der Waals surface area contributed by atoms with Crippen molar-refractivity contribution in [3.8, 4) is 12.1 Å². The molecule has 0 bridgehead atoms. The van der Waals surface area contributed by atoms with E-state index in [-0.39, 0.29) is 11.4 Å². The third-order valence-electron chi connectivity index (χ3n) is 3.02. The van der Waals surface area contributed by atoms with Crippen LogP contribution in [0.5, 0.6) is 0 Å². The second-order valence-corrected chi connectivity index (χ2v) is 6.17. The molecule has 0 atom stereocenters. The number of thioether (sulfide) groups is 1. The molecule has 17 nitrogen and oxygen atoms in total. The van der Waals surface area contributed by atoms with Crippen molar-refractivity contribution in [3.05, 3.63) is 59.4 Å². The Hall–Kier alpha value is -5.10. The van der Waals surface area contributed by atoms with Gasteiger partial charge in [-0.25, -0.2) is 0 Å². The van der Waals surface area contributed by atoms with E-state index >= 15 is 0 Å². The fraction of sp³-hybridized carbons (Fsp3) is 0.133. The van der Waals surface area contributed by atoms with Gasteiger partial charge in [0.2, 0.25) is 16.5 Å². The van der Waals surface area contributed by atoms with E-state index in [1.165, 1.54) is 11.9 Å². The topological polar surface area (TPSA) is 253 Å². The van der Waals surface area contributed by atoms with Crippen LogP contribution >= 0.6 is 11.8 Å². The number of nitrogens with zero attached hydrogens (tertiary/aromatic N) is 13. The summed E-state index contributed by atoms with van der Waals surface area (Å²) in [5.74, 6) is 1.55. The van der Waals surface area contributed by atoms with Gasteiger partial charge < -0.3 is 0 Å². The molecule has 0 radical (unpaired) electrons. The first-order valence-electron chi connectivity index (χ1n) is 8.70. The van der Waals surface area contributed by atoms with E-state index in [4.69, 9.17) is 10.5 Å². The van der Waals surface area contributed by atoms with E-state index in [0.29, 0.717) is 11.0 Å². The molecule has 0 spiro atoms. The number of benzene rings is 1. The van der Waals surface area contributed by atoms with Crippen molar-refractivity contribution in [3.63, 3.8) is 0 Å². The van der Waals surface area contributed by atoms with Crippen LogP contribution in [-0.2, 0) is 5.75 Å². The van der Waals surface area contributed by atoms with Crippen LogP contribution in [0.4, 0.5) is 0 Å². The lowest BCUT2D eigenvalue weighted by Gasteiger charge is -1.95. The molecule has 5 rings (SSSR count). The van der Waals surface area contributed by atoms with E-state index in [2.05, 4.69) is 89.4 Å². The van der Waals surface area contributed by atoms with E-state index in [0.717, 1.165) is 5.75 Å². The molecule has 0 aliphatic rings. The fourth-order valence-corrected chi connectivity index (χ4v) is 2.36. The van der Waals surface area contributed by atoms with E-state index in [1.54, 1.807) is 30.8 Å². The first-order valence-corrected chi connectivity index (χ1v) is 9.69.